The first-order chi connectivity index (χ1) is 20.4. The molecule has 0 saturated heterocycles. The molecule has 1 aliphatic rings. The van der Waals surface area contributed by atoms with E-state index in [-0.39, 0.29) is 37.4 Å². The number of aliphatic hydroxyl groups is 1. The largest absolute Gasteiger partial charge is 0.391 e. The van der Waals surface area contributed by atoms with Crippen LogP contribution in [0.1, 0.15) is 51.4 Å². The number of primary amides is 1. The topological polar surface area (TPSA) is 125 Å². The van der Waals surface area contributed by atoms with Gasteiger partial charge in [-0.2, -0.15) is 0 Å². The maximum Gasteiger partial charge on any atom is 0.249 e. The predicted octanol–water partition coefficient (Wildman–Crippen LogP) is 3.53. The van der Waals surface area contributed by atoms with Gasteiger partial charge in [0, 0.05) is 57.5 Å². The van der Waals surface area contributed by atoms with Crippen LogP contribution in [0.2, 0.25) is 0 Å². The quantitative estimate of drug-likeness (QED) is 0.287. The maximum atomic E-state index is 14.2. The molecule has 0 aliphatic heterocycles. The Morgan fingerprint density at radius 3 is 2.37 bits per heavy atom. The SMILES string of the molecule is CCCN(CCC)C(=O)C1=CC(C)=CC(C(N)=O)([C@H](Cc2cc(F)cc(F)c2)[C@@H](O)CNCc2nccc(N(C)C)n2)C1. The number of hydrogen-bond donors (Lipinski definition) is 3. The number of nitrogens with two attached hydrogens (primary N) is 1. The van der Waals surface area contributed by atoms with E-state index in [1.807, 2.05) is 32.8 Å². The Labute approximate surface area is 252 Å². The number of aromatic nitrogens is 2. The molecule has 0 bridgehead atoms. The summed E-state index contributed by atoms with van der Waals surface area (Å²) in [7, 11) is 3.73. The lowest BCUT2D eigenvalue weighted by atomic mass is 9.63. The lowest BCUT2D eigenvalue weighted by Crippen LogP contribution is -2.51. The number of aliphatic hydroxyl groups excluding tert-OH is 1. The Kier molecular flexibility index (Phi) is 11.9. The molecule has 11 heteroatoms. The van der Waals surface area contributed by atoms with Gasteiger partial charge < -0.3 is 26.0 Å². The third kappa shape index (κ3) is 8.67. The number of rotatable bonds is 15. The molecule has 1 heterocycles. The molecular formula is C32H44F2N6O3. The Bertz CT molecular complexity index is 1320. The monoisotopic (exact) mass is 598 g/mol. The minimum Gasteiger partial charge on any atom is -0.391 e. The summed E-state index contributed by atoms with van der Waals surface area (Å²) in [4.78, 5) is 39.4. The molecule has 1 aromatic heterocycles. The van der Waals surface area contributed by atoms with Crippen LogP contribution in [-0.2, 0) is 22.6 Å². The smallest absolute Gasteiger partial charge is 0.249 e. The highest BCUT2D eigenvalue weighted by atomic mass is 19.1. The molecule has 0 saturated carbocycles. The van der Waals surface area contributed by atoms with Gasteiger partial charge in [-0.15, -0.1) is 0 Å². The van der Waals surface area contributed by atoms with E-state index in [0.29, 0.717) is 30.1 Å². The van der Waals surface area contributed by atoms with Crippen molar-refractivity contribution in [1.82, 2.24) is 20.2 Å². The number of nitrogens with zero attached hydrogens (tertiary/aromatic N) is 4. The first-order valence-corrected chi connectivity index (χ1v) is 14.7. The number of amides is 2. The lowest BCUT2D eigenvalue weighted by Gasteiger charge is -2.42. The number of carbonyl (C=O) groups is 2. The van der Waals surface area contributed by atoms with Crippen molar-refractivity contribution in [2.75, 3.05) is 38.6 Å². The summed E-state index contributed by atoms with van der Waals surface area (Å²) in [6.07, 6.45) is 5.31. The summed E-state index contributed by atoms with van der Waals surface area (Å²) < 4.78 is 28.4. The van der Waals surface area contributed by atoms with E-state index in [4.69, 9.17) is 5.73 Å². The fraction of sp³-hybridized carbons (Fsp3) is 0.500. The van der Waals surface area contributed by atoms with E-state index in [2.05, 4.69) is 15.3 Å². The highest BCUT2D eigenvalue weighted by molar-refractivity contribution is 5.97. The molecule has 2 aromatic rings. The molecule has 3 atom stereocenters. The van der Waals surface area contributed by atoms with Crippen molar-refractivity contribution in [2.24, 2.45) is 17.1 Å². The molecule has 9 nitrogen and oxygen atoms in total. The van der Waals surface area contributed by atoms with Crippen LogP contribution in [0.3, 0.4) is 0 Å². The van der Waals surface area contributed by atoms with Gasteiger partial charge in [0.15, 0.2) is 0 Å². The Hall–Kier alpha value is -3.70. The van der Waals surface area contributed by atoms with Gasteiger partial charge in [-0.1, -0.05) is 31.6 Å². The molecule has 0 fully saturated rings. The Balaban J connectivity index is 1.97. The predicted molar refractivity (Wildman–Crippen MR) is 163 cm³/mol. The molecule has 1 aliphatic carbocycles. The average Bonchev–Trinajstić information content (AvgIpc) is 2.94. The van der Waals surface area contributed by atoms with Crippen LogP contribution in [0.4, 0.5) is 14.6 Å². The second-order valence-electron chi connectivity index (χ2n) is 11.4. The minimum absolute atomic E-state index is 0.00469. The van der Waals surface area contributed by atoms with Crippen LogP contribution >= 0.6 is 0 Å². The molecule has 43 heavy (non-hydrogen) atoms. The molecule has 234 valence electrons. The first kappa shape index (κ1) is 33.8. The van der Waals surface area contributed by atoms with Gasteiger partial charge in [0.25, 0.3) is 0 Å². The number of allylic oxidation sites excluding steroid dienone is 2. The number of benzene rings is 1. The van der Waals surface area contributed by atoms with Crippen LogP contribution in [0.5, 0.6) is 0 Å². The van der Waals surface area contributed by atoms with Crippen molar-refractivity contribution in [3.05, 3.63) is 76.8 Å². The van der Waals surface area contributed by atoms with E-state index in [9.17, 15) is 23.5 Å². The molecule has 1 unspecified atom stereocenters. The van der Waals surface area contributed by atoms with Crippen molar-refractivity contribution in [1.29, 1.82) is 0 Å². The van der Waals surface area contributed by atoms with E-state index in [0.717, 1.165) is 24.7 Å². The average molecular weight is 599 g/mol. The van der Waals surface area contributed by atoms with Crippen molar-refractivity contribution in [3.8, 4) is 0 Å². The standard InChI is InChI=1S/C32H44F2N6O3/c1-6-10-40(11-7-2)30(42)23-12-21(3)17-32(18-23,31(35)43)26(15-22-13-24(33)16-25(34)14-22)27(41)19-36-20-28-37-9-8-29(38-28)39(4)5/h8-9,12-14,16-17,26-27,36,41H,6-7,10-11,15,18-20H2,1-5H3,(H2,35,43)/t26-,27+,32?/m1/s1. The summed E-state index contributed by atoms with van der Waals surface area (Å²) in [6, 6.07) is 4.89. The first-order valence-electron chi connectivity index (χ1n) is 14.7. The van der Waals surface area contributed by atoms with E-state index in [1.54, 1.807) is 36.2 Å². The van der Waals surface area contributed by atoms with Gasteiger partial charge in [0.1, 0.15) is 23.3 Å². The number of carbonyl (C=O) groups excluding carboxylic acids is 2. The van der Waals surface area contributed by atoms with Crippen molar-refractivity contribution in [2.45, 2.75) is 59.1 Å². The van der Waals surface area contributed by atoms with E-state index < -0.39 is 35.0 Å². The molecule has 1 aromatic carbocycles. The highest BCUT2D eigenvalue weighted by Gasteiger charge is 2.48. The molecule has 4 N–H and O–H groups in total. The number of hydrogen-bond acceptors (Lipinski definition) is 7. The van der Waals surface area contributed by atoms with Gasteiger partial charge in [-0.25, -0.2) is 18.7 Å². The van der Waals surface area contributed by atoms with Crippen LogP contribution in [0, 0.1) is 23.0 Å². The van der Waals surface area contributed by atoms with Gasteiger partial charge in [0.05, 0.1) is 18.1 Å². The van der Waals surface area contributed by atoms with Crippen molar-refractivity contribution < 1.29 is 23.5 Å². The number of anilines is 1. The summed E-state index contributed by atoms with van der Waals surface area (Å²) in [5.74, 6) is -2.17. The van der Waals surface area contributed by atoms with Crippen molar-refractivity contribution in [3.63, 3.8) is 0 Å². The normalized spacial score (nSPS) is 18.0. The summed E-state index contributed by atoms with van der Waals surface area (Å²) in [6.45, 7) is 7.10. The second kappa shape index (κ2) is 15.2. The summed E-state index contributed by atoms with van der Waals surface area (Å²) in [5.41, 5.74) is 5.91. The van der Waals surface area contributed by atoms with Gasteiger partial charge in [-0.05, 0) is 56.4 Å². The Morgan fingerprint density at radius 2 is 1.79 bits per heavy atom. The Morgan fingerprint density at radius 1 is 1.14 bits per heavy atom. The van der Waals surface area contributed by atoms with E-state index >= 15 is 0 Å². The van der Waals surface area contributed by atoms with Crippen LogP contribution in [0.25, 0.3) is 0 Å². The zero-order chi connectivity index (χ0) is 31.7. The van der Waals surface area contributed by atoms with Gasteiger partial charge in [0.2, 0.25) is 11.8 Å². The molecule has 3 rings (SSSR count). The highest BCUT2D eigenvalue weighted by Crippen LogP contribution is 2.44. The molecule has 0 spiro atoms. The van der Waals surface area contributed by atoms with Crippen LogP contribution in [-0.4, -0.2) is 71.6 Å². The summed E-state index contributed by atoms with van der Waals surface area (Å²) in [5, 5.41) is 14.8. The molecule has 2 amide bonds. The zero-order valence-corrected chi connectivity index (χ0v) is 25.7. The van der Waals surface area contributed by atoms with E-state index in [1.165, 1.54) is 12.1 Å². The number of halogens is 2. The number of nitrogens with one attached hydrogen (secondary N) is 1. The summed E-state index contributed by atoms with van der Waals surface area (Å²) >= 11 is 0. The fourth-order valence-corrected chi connectivity index (χ4v) is 5.76. The maximum absolute atomic E-state index is 14.2. The van der Waals surface area contributed by atoms with Crippen LogP contribution in [0.15, 0.2) is 53.8 Å². The molecule has 0 radical (unpaired) electrons. The third-order valence-electron chi connectivity index (χ3n) is 7.67. The van der Waals surface area contributed by atoms with Gasteiger partial charge >= 0.3 is 0 Å². The fourth-order valence-electron chi connectivity index (χ4n) is 5.76. The van der Waals surface area contributed by atoms with Crippen LogP contribution < -0.4 is 16.0 Å². The second-order valence-corrected chi connectivity index (χ2v) is 11.4. The van der Waals surface area contributed by atoms with Crippen molar-refractivity contribution >= 4 is 17.6 Å². The third-order valence-corrected chi connectivity index (χ3v) is 7.67. The van der Waals surface area contributed by atoms with Gasteiger partial charge in [-0.3, -0.25) is 9.59 Å². The zero-order valence-electron chi connectivity index (χ0n) is 25.7. The molecular weight excluding hydrogens is 554 g/mol. The minimum atomic E-state index is -1.50. The lowest BCUT2D eigenvalue weighted by molar-refractivity contribution is -0.132.